The van der Waals surface area contributed by atoms with Crippen LogP contribution in [0.2, 0.25) is 0 Å². The van der Waals surface area contributed by atoms with Gasteiger partial charge in [0.1, 0.15) is 5.75 Å². The molecule has 2 aromatic rings. The summed E-state index contributed by atoms with van der Waals surface area (Å²) in [6.07, 6.45) is 1.82. The predicted octanol–water partition coefficient (Wildman–Crippen LogP) is 1.67. The Hall–Kier alpha value is -2.30. The SMILES string of the molecule is COc1ccc(CNC(=O)c2nn(C)cc2C)cc1. The second-order valence-corrected chi connectivity index (χ2v) is 4.37. The maximum Gasteiger partial charge on any atom is 0.272 e. The molecule has 0 bridgehead atoms. The van der Waals surface area contributed by atoms with Crippen molar-refractivity contribution >= 4 is 5.91 Å². The molecule has 0 aliphatic heterocycles. The van der Waals surface area contributed by atoms with Crippen molar-refractivity contribution in [3.05, 3.63) is 47.3 Å². The maximum atomic E-state index is 12.0. The monoisotopic (exact) mass is 259 g/mol. The zero-order valence-corrected chi connectivity index (χ0v) is 11.3. The van der Waals surface area contributed by atoms with Crippen molar-refractivity contribution in [2.75, 3.05) is 7.11 Å². The van der Waals surface area contributed by atoms with Gasteiger partial charge in [-0.1, -0.05) is 12.1 Å². The van der Waals surface area contributed by atoms with E-state index in [1.165, 1.54) is 0 Å². The van der Waals surface area contributed by atoms with Gasteiger partial charge in [0.2, 0.25) is 0 Å². The predicted molar refractivity (Wildman–Crippen MR) is 72.1 cm³/mol. The van der Waals surface area contributed by atoms with Gasteiger partial charge in [0.25, 0.3) is 5.91 Å². The van der Waals surface area contributed by atoms with E-state index < -0.39 is 0 Å². The summed E-state index contributed by atoms with van der Waals surface area (Å²) in [5, 5.41) is 6.99. The lowest BCUT2D eigenvalue weighted by Crippen LogP contribution is -2.24. The molecule has 1 heterocycles. The first-order valence-corrected chi connectivity index (χ1v) is 6.01. The third kappa shape index (κ3) is 3.13. The largest absolute Gasteiger partial charge is 0.497 e. The Bertz CT molecular complexity index is 573. The minimum atomic E-state index is -0.158. The highest BCUT2D eigenvalue weighted by Crippen LogP contribution is 2.11. The number of aromatic nitrogens is 2. The van der Waals surface area contributed by atoms with E-state index >= 15 is 0 Å². The summed E-state index contributed by atoms with van der Waals surface area (Å²) in [5.41, 5.74) is 2.36. The highest BCUT2D eigenvalue weighted by atomic mass is 16.5. The van der Waals surface area contributed by atoms with Crippen LogP contribution < -0.4 is 10.1 Å². The second kappa shape index (κ2) is 5.56. The quantitative estimate of drug-likeness (QED) is 0.908. The molecule has 1 aromatic heterocycles. The zero-order chi connectivity index (χ0) is 13.8. The van der Waals surface area contributed by atoms with Crippen molar-refractivity contribution in [2.45, 2.75) is 13.5 Å². The van der Waals surface area contributed by atoms with Crippen LogP contribution in [0.5, 0.6) is 5.75 Å². The third-order valence-electron chi connectivity index (χ3n) is 2.84. The first-order valence-electron chi connectivity index (χ1n) is 6.01. The van der Waals surface area contributed by atoms with Gasteiger partial charge in [-0.3, -0.25) is 9.48 Å². The van der Waals surface area contributed by atoms with Gasteiger partial charge in [0.15, 0.2) is 5.69 Å². The summed E-state index contributed by atoms with van der Waals surface area (Å²) in [4.78, 5) is 12.0. The Morgan fingerprint density at radius 3 is 2.58 bits per heavy atom. The van der Waals surface area contributed by atoms with Gasteiger partial charge >= 0.3 is 0 Å². The van der Waals surface area contributed by atoms with Gasteiger partial charge in [-0.2, -0.15) is 5.10 Å². The van der Waals surface area contributed by atoms with Crippen molar-refractivity contribution < 1.29 is 9.53 Å². The summed E-state index contributed by atoms with van der Waals surface area (Å²) in [7, 11) is 3.42. The molecule has 0 aliphatic carbocycles. The van der Waals surface area contributed by atoms with Gasteiger partial charge in [-0.05, 0) is 24.6 Å². The van der Waals surface area contributed by atoms with Crippen molar-refractivity contribution in [2.24, 2.45) is 7.05 Å². The Morgan fingerprint density at radius 1 is 1.37 bits per heavy atom. The van der Waals surface area contributed by atoms with E-state index in [1.807, 2.05) is 37.4 Å². The molecule has 1 aromatic carbocycles. The van der Waals surface area contributed by atoms with Crippen LogP contribution in [-0.4, -0.2) is 22.8 Å². The molecule has 0 unspecified atom stereocenters. The van der Waals surface area contributed by atoms with E-state index in [2.05, 4.69) is 10.4 Å². The highest BCUT2D eigenvalue weighted by molar-refractivity contribution is 5.93. The van der Waals surface area contributed by atoms with Crippen LogP contribution in [0, 0.1) is 6.92 Å². The van der Waals surface area contributed by atoms with Gasteiger partial charge in [-0.25, -0.2) is 0 Å². The first kappa shape index (κ1) is 13.1. The van der Waals surface area contributed by atoms with Gasteiger partial charge in [0.05, 0.1) is 7.11 Å². The molecule has 0 aliphatic rings. The van der Waals surface area contributed by atoms with E-state index in [1.54, 1.807) is 18.8 Å². The van der Waals surface area contributed by atoms with Crippen LogP contribution in [0.15, 0.2) is 30.5 Å². The number of hydrogen-bond donors (Lipinski definition) is 1. The zero-order valence-electron chi connectivity index (χ0n) is 11.3. The Balaban J connectivity index is 1.98. The number of carbonyl (C=O) groups excluding carboxylic acids is 1. The number of rotatable bonds is 4. The minimum Gasteiger partial charge on any atom is -0.497 e. The Labute approximate surface area is 112 Å². The van der Waals surface area contributed by atoms with E-state index in [9.17, 15) is 4.79 Å². The van der Waals surface area contributed by atoms with Gasteiger partial charge in [0, 0.05) is 25.4 Å². The third-order valence-corrected chi connectivity index (χ3v) is 2.84. The lowest BCUT2D eigenvalue weighted by atomic mass is 10.2. The topological polar surface area (TPSA) is 56.1 Å². The molecule has 0 saturated carbocycles. The molecule has 1 N–H and O–H groups in total. The molecule has 5 nitrogen and oxygen atoms in total. The fourth-order valence-electron chi connectivity index (χ4n) is 1.84. The summed E-state index contributed by atoms with van der Waals surface area (Å²) in [6.45, 7) is 2.34. The molecule has 0 saturated heterocycles. The number of carbonyl (C=O) groups is 1. The number of methoxy groups -OCH3 is 1. The smallest absolute Gasteiger partial charge is 0.272 e. The van der Waals surface area contributed by atoms with E-state index in [0.717, 1.165) is 16.9 Å². The average Bonchev–Trinajstić information content (AvgIpc) is 2.75. The number of aryl methyl sites for hydroxylation is 2. The van der Waals surface area contributed by atoms with Crippen molar-refractivity contribution in [3.63, 3.8) is 0 Å². The fraction of sp³-hybridized carbons (Fsp3) is 0.286. The number of amides is 1. The Morgan fingerprint density at radius 2 is 2.05 bits per heavy atom. The van der Waals surface area contributed by atoms with Crippen LogP contribution >= 0.6 is 0 Å². The van der Waals surface area contributed by atoms with E-state index in [-0.39, 0.29) is 5.91 Å². The number of hydrogen-bond acceptors (Lipinski definition) is 3. The van der Waals surface area contributed by atoms with Crippen molar-refractivity contribution in [1.29, 1.82) is 0 Å². The fourth-order valence-corrected chi connectivity index (χ4v) is 1.84. The normalized spacial score (nSPS) is 10.3. The summed E-state index contributed by atoms with van der Waals surface area (Å²) >= 11 is 0. The van der Waals surface area contributed by atoms with E-state index in [0.29, 0.717) is 12.2 Å². The number of nitrogens with zero attached hydrogens (tertiary/aromatic N) is 2. The van der Waals surface area contributed by atoms with Crippen LogP contribution in [0.3, 0.4) is 0 Å². The molecule has 0 atom stereocenters. The molecule has 5 heteroatoms. The van der Waals surface area contributed by atoms with Crippen LogP contribution in [-0.2, 0) is 13.6 Å². The number of ether oxygens (including phenoxy) is 1. The molecule has 0 fully saturated rings. The molecule has 1 amide bonds. The second-order valence-electron chi connectivity index (χ2n) is 4.37. The molecule has 0 spiro atoms. The molecule has 0 radical (unpaired) electrons. The number of nitrogens with one attached hydrogen (secondary N) is 1. The standard InChI is InChI=1S/C14H17N3O2/c1-10-9-17(2)16-13(10)14(18)15-8-11-4-6-12(19-3)7-5-11/h4-7,9H,8H2,1-3H3,(H,15,18). The molecule has 100 valence electrons. The minimum absolute atomic E-state index is 0.158. The Kier molecular flexibility index (Phi) is 3.85. The molecule has 2 rings (SSSR count). The van der Waals surface area contributed by atoms with Crippen molar-refractivity contribution in [1.82, 2.24) is 15.1 Å². The molecular formula is C14H17N3O2. The highest BCUT2D eigenvalue weighted by Gasteiger charge is 2.12. The lowest BCUT2D eigenvalue weighted by Gasteiger charge is -2.05. The van der Waals surface area contributed by atoms with Gasteiger partial charge < -0.3 is 10.1 Å². The van der Waals surface area contributed by atoms with Crippen LogP contribution in [0.4, 0.5) is 0 Å². The summed E-state index contributed by atoms with van der Waals surface area (Å²) in [5.74, 6) is 0.643. The maximum absolute atomic E-state index is 12.0. The lowest BCUT2D eigenvalue weighted by molar-refractivity contribution is 0.0944. The summed E-state index contributed by atoms with van der Waals surface area (Å²) < 4.78 is 6.72. The number of benzene rings is 1. The van der Waals surface area contributed by atoms with E-state index in [4.69, 9.17) is 4.74 Å². The summed E-state index contributed by atoms with van der Waals surface area (Å²) in [6, 6.07) is 7.58. The molecular weight excluding hydrogens is 242 g/mol. The van der Waals surface area contributed by atoms with Crippen LogP contribution in [0.25, 0.3) is 0 Å². The average molecular weight is 259 g/mol. The van der Waals surface area contributed by atoms with Crippen LogP contribution in [0.1, 0.15) is 21.6 Å². The van der Waals surface area contributed by atoms with Crippen molar-refractivity contribution in [3.8, 4) is 5.75 Å². The van der Waals surface area contributed by atoms with Gasteiger partial charge in [-0.15, -0.1) is 0 Å². The first-order chi connectivity index (χ1) is 9.10. The molecule has 19 heavy (non-hydrogen) atoms.